The van der Waals surface area contributed by atoms with E-state index in [1.807, 2.05) is 18.2 Å². The highest BCUT2D eigenvalue weighted by molar-refractivity contribution is 7.89. The van der Waals surface area contributed by atoms with Gasteiger partial charge in [-0.1, -0.05) is 18.2 Å². The maximum absolute atomic E-state index is 11.9. The molecule has 7 nitrogen and oxygen atoms in total. The van der Waals surface area contributed by atoms with Gasteiger partial charge in [0.05, 0.1) is 12.0 Å². The third-order valence-corrected chi connectivity index (χ3v) is 4.36. The number of amides is 1. The van der Waals surface area contributed by atoms with Gasteiger partial charge in [0.15, 0.2) is 5.11 Å². The Labute approximate surface area is 156 Å². The first-order valence-electron chi connectivity index (χ1n) is 7.35. The van der Waals surface area contributed by atoms with Crippen LogP contribution in [0.25, 0.3) is 6.08 Å². The van der Waals surface area contributed by atoms with Gasteiger partial charge in [-0.25, -0.2) is 13.6 Å². The second-order valence-electron chi connectivity index (χ2n) is 5.09. The van der Waals surface area contributed by atoms with Crippen molar-refractivity contribution in [2.45, 2.75) is 4.90 Å². The van der Waals surface area contributed by atoms with Gasteiger partial charge >= 0.3 is 0 Å². The van der Waals surface area contributed by atoms with E-state index in [0.29, 0.717) is 11.4 Å². The quantitative estimate of drug-likeness (QED) is 0.530. The molecule has 0 bridgehead atoms. The first-order chi connectivity index (χ1) is 12.3. The molecule has 4 N–H and O–H groups in total. The van der Waals surface area contributed by atoms with Crippen LogP contribution >= 0.6 is 12.2 Å². The normalized spacial score (nSPS) is 11.2. The van der Waals surface area contributed by atoms with Gasteiger partial charge in [-0.2, -0.15) is 0 Å². The Morgan fingerprint density at radius 1 is 1.15 bits per heavy atom. The van der Waals surface area contributed by atoms with Gasteiger partial charge in [0.2, 0.25) is 15.9 Å². The fourth-order valence-corrected chi connectivity index (χ4v) is 2.75. The lowest BCUT2D eigenvalue weighted by Crippen LogP contribution is -2.32. The summed E-state index contributed by atoms with van der Waals surface area (Å²) in [6, 6.07) is 12.9. The number of methoxy groups -OCH3 is 1. The van der Waals surface area contributed by atoms with Crippen molar-refractivity contribution in [3.8, 4) is 5.75 Å². The number of rotatable bonds is 5. The van der Waals surface area contributed by atoms with E-state index in [0.717, 1.165) is 5.56 Å². The number of sulfonamides is 1. The number of primary sulfonamides is 1. The predicted molar refractivity (Wildman–Crippen MR) is 104 cm³/mol. The maximum atomic E-state index is 11.9. The molecule has 0 unspecified atom stereocenters. The van der Waals surface area contributed by atoms with Crippen LogP contribution < -0.4 is 20.5 Å². The molecule has 0 radical (unpaired) electrons. The van der Waals surface area contributed by atoms with Crippen LogP contribution in [0.5, 0.6) is 5.75 Å². The van der Waals surface area contributed by atoms with Crippen LogP contribution in [0.3, 0.4) is 0 Å². The van der Waals surface area contributed by atoms with Crippen molar-refractivity contribution in [2.24, 2.45) is 5.14 Å². The average molecular weight is 391 g/mol. The zero-order valence-corrected chi connectivity index (χ0v) is 15.4. The number of thiocarbonyl (C=S) groups is 1. The van der Waals surface area contributed by atoms with E-state index in [9.17, 15) is 13.2 Å². The second-order valence-corrected chi connectivity index (χ2v) is 7.06. The summed E-state index contributed by atoms with van der Waals surface area (Å²) < 4.78 is 27.6. The molecule has 0 spiro atoms. The molecule has 0 aliphatic rings. The third-order valence-electron chi connectivity index (χ3n) is 3.23. The van der Waals surface area contributed by atoms with Crippen molar-refractivity contribution in [3.63, 3.8) is 0 Å². The van der Waals surface area contributed by atoms with Crippen molar-refractivity contribution < 1.29 is 17.9 Å². The molecule has 1 amide bonds. The van der Waals surface area contributed by atoms with Crippen LogP contribution in [0.15, 0.2) is 59.5 Å². The molecule has 0 saturated carbocycles. The molecular weight excluding hydrogens is 374 g/mol. The highest BCUT2D eigenvalue weighted by Gasteiger charge is 2.08. The zero-order valence-electron chi connectivity index (χ0n) is 13.8. The summed E-state index contributed by atoms with van der Waals surface area (Å²) in [6.07, 6.45) is 2.94. The highest BCUT2D eigenvalue weighted by Crippen LogP contribution is 2.18. The lowest BCUT2D eigenvalue weighted by atomic mass is 10.2. The van der Waals surface area contributed by atoms with Crippen molar-refractivity contribution >= 4 is 45.0 Å². The first-order valence-corrected chi connectivity index (χ1v) is 9.31. The predicted octanol–water partition coefficient (Wildman–Crippen LogP) is 1.87. The molecular formula is C17H17N3O4S2. The fourth-order valence-electron chi connectivity index (χ4n) is 2.01. The minimum atomic E-state index is -3.76. The van der Waals surface area contributed by atoms with Gasteiger partial charge in [-0.15, -0.1) is 0 Å². The molecule has 136 valence electrons. The topological polar surface area (TPSA) is 111 Å². The van der Waals surface area contributed by atoms with Gasteiger partial charge in [-0.05, 0) is 48.6 Å². The number of nitrogens with one attached hydrogen (secondary N) is 2. The molecule has 2 aromatic carbocycles. The molecule has 0 saturated heterocycles. The lowest BCUT2D eigenvalue weighted by molar-refractivity contribution is -0.115. The highest BCUT2D eigenvalue weighted by atomic mass is 32.2. The SMILES string of the molecule is COc1ccccc1/C=C/C(=O)NC(=S)Nc1ccc(S(N)(=O)=O)cc1. The molecule has 0 aliphatic carbocycles. The molecule has 2 aromatic rings. The number of carbonyl (C=O) groups excluding carboxylic acids is 1. The third kappa shape index (κ3) is 5.66. The summed E-state index contributed by atoms with van der Waals surface area (Å²) in [5.41, 5.74) is 1.26. The van der Waals surface area contributed by atoms with Crippen LogP contribution in [0.4, 0.5) is 5.69 Å². The molecule has 0 atom stereocenters. The summed E-state index contributed by atoms with van der Waals surface area (Å²) in [4.78, 5) is 11.9. The summed E-state index contributed by atoms with van der Waals surface area (Å²) in [6.45, 7) is 0. The monoisotopic (exact) mass is 391 g/mol. The number of anilines is 1. The number of hydrogen-bond acceptors (Lipinski definition) is 5. The largest absolute Gasteiger partial charge is 0.496 e. The fraction of sp³-hybridized carbons (Fsp3) is 0.0588. The zero-order chi connectivity index (χ0) is 19.2. The van der Waals surface area contributed by atoms with Crippen molar-refractivity contribution in [2.75, 3.05) is 12.4 Å². The van der Waals surface area contributed by atoms with E-state index >= 15 is 0 Å². The van der Waals surface area contributed by atoms with Crippen LogP contribution in [-0.2, 0) is 14.8 Å². The van der Waals surface area contributed by atoms with Crippen LogP contribution in [0.1, 0.15) is 5.56 Å². The van der Waals surface area contributed by atoms with Gasteiger partial charge in [-0.3, -0.25) is 10.1 Å². The molecule has 0 heterocycles. The average Bonchev–Trinajstić information content (AvgIpc) is 2.59. The molecule has 0 fully saturated rings. The Morgan fingerprint density at radius 3 is 2.42 bits per heavy atom. The van der Waals surface area contributed by atoms with Gasteiger partial charge in [0.1, 0.15) is 5.75 Å². The minimum absolute atomic E-state index is 0.0160. The minimum Gasteiger partial charge on any atom is -0.496 e. The molecule has 0 aromatic heterocycles. The van der Waals surface area contributed by atoms with Crippen LogP contribution in [0, 0.1) is 0 Å². The number of nitrogens with two attached hydrogens (primary N) is 1. The Bertz CT molecular complexity index is 939. The Morgan fingerprint density at radius 2 is 1.81 bits per heavy atom. The second kappa shape index (κ2) is 8.56. The lowest BCUT2D eigenvalue weighted by Gasteiger charge is -2.08. The van der Waals surface area contributed by atoms with Crippen molar-refractivity contribution in [3.05, 3.63) is 60.2 Å². The molecule has 2 rings (SSSR count). The van der Waals surface area contributed by atoms with E-state index in [1.54, 1.807) is 19.3 Å². The Hall–Kier alpha value is -2.75. The Kier molecular flexibility index (Phi) is 6.45. The maximum Gasteiger partial charge on any atom is 0.250 e. The molecule has 0 aliphatic heterocycles. The first kappa shape index (κ1) is 19.6. The number of benzene rings is 2. The van der Waals surface area contributed by atoms with Gasteiger partial charge < -0.3 is 10.1 Å². The van der Waals surface area contributed by atoms with Crippen LogP contribution in [-0.4, -0.2) is 26.5 Å². The Balaban J connectivity index is 1.95. The van der Waals surface area contributed by atoms with Crippen molar-refractivity contribution in [1.29, 1.82) is 0 Å². The van der Waals surface area contributed by atoms with E-state index in [1.165, 1.54) is 30.3 Å². The summed E-state index contributed by atoms with van der Waals surface area (Å²) in [5.74, 6) is 0.224. The smallest absolute Gasteiger partial charge is 0.250 e. The van der Waals surface area contributed by atoms with E-state index < -0.39 is 15.9 Å². The van der Waals surface area contributed by atoms with Crippen molar-refractivity contribution in [1.82, 2.24) is 5.32 Å². The van der Waals surface area contributed by atoms with Gasteiger partial charge in [0.25, 0.3) is 0 Å². The summed E-state index contributed by atoms with van der Waals surface area (Å²) >= 11 is 5.05. The van der Waals surface area contributed by atoms with Gasteiger partial charge in [0, 0.05) is 17.3 Å². The van der Waals surface area contributed by atoms with Crippen LogP contribution in [0.2, 0.25) is 0 Å². The number of hydrogen-bond donors (Lipinski definition) is 3. The standard InChI is InChI=1S/C17H17N3O4S2/c1-24-15-5-3-2-4-12(15)6-11-16(21)20-17(25)19-13-7-9-14(10-8-13)26(18,22)23/h2-11H,1H3,(H2,18,22,23)(H2,19,20,21,25)/b11-6+. The number of ether oxygens (including phenoxy) is 1. The number of para-hydroxylation sites is 1. The summed E-state index contributed by atoms with van der Waals surface area (Å²) in [5, 5.41) is 10.4. The number of carbonyl (C=O) groups is 1. The van der Waals surface area contributed by atoms with E-state index in [-0.39, 0.29) is 10.0 Å². The summed E-state index contributed by atoms with van der Waals surface area (Å²) in [7, 11) is -2.21. The van der Waals surface area contributed by atoms with E-state index in [4.69, 9.17) is 22.1 Å². The molecule has 26 heavy (non-hydrogen) atoms. The molecule has 9 heteroatoms. The van der Waals surface area contributed by atoms with E-state index in [2.05, 4.69) is 10.6 Å².